The van der Waals surface area contributed by atoms with Crippen molar-refractivity contribution in [2.24, 2.45) is 0 Å². The Balaban J connectivity index is 3.97. The average Bonchev–Trinajstić information content (AvgIpc) is 2.09. The van der Waals surface area contributed by atoms with E-state index < -0.39 is 5.97 Å². The molecule has 3 nitrogen and oxygen atoms in total. The smallest absolute Gasteiger partial charge is 0.328 e. The van der Waals surface area contributed by atoms with Crippen LogP contribution in [-0.4, -0.2) is 22.8 Å². The molecule has 0 atom stereocenters. The Kier molecular flexibility index (Phi) is 6.64. The molecule has 0 aromatic heterocycles. The van der Waals surface area contributed by atoms with E-state index in [9.17, 15) is 4.79 Å². The summed E-state index contributed by atoms with van der Waals surface area (Å²) in [6.45, 7) is -0.235. The molecule has 0 saturated heterocycles. The van der Waals surface area contributed by atoms with Crippen LogP contribution in [-0.2, 0) is 4.79 Å². The maximum absolute atomic E-state index is 9.93. The molecule has 0 rings (SSSR count). The first kappa shape index (κ1) is 10.8. The molecule has 0 spiro atoms. The molecule has 0 heterocycles. The monoisotopic (exact) mass is 174 g/mol. The van der Waals surface area contributed by atoms with Gasteiger partial charge in [-0.25, -0.2) is 4.79 Å². The number of aliphatic hydroxyl groups is 1. The van der Waals surface area contributed by atoms with Gasteiger partial charge in [-0.3, -0.25) is 0 Å². The zero-order chi connectivity index (χ0) is 9.94. The zero-order valence-corrected chi connectivity index (χ0v) is 6.66. The molecule has 0 saturated carbocycles. The molecule has 0 bridgehead atoms. The van der Waals surface area contributed by atoms with Gasteiger partial charge in [0.05, 0.1) is 0 Å². The molecule has 13 heavy (non-hydrogen) atoms. The van der Waals surface area contributed by atoms with Crippen LogP contribution in [0.3, 0.4) is 0 Å². The first-order valence-electron chi connectivity index (χ1n) is 3.26. The summed E-state index contributed by atoms with van der Waals surface area (Å²) in [5.41, 5.74) is 0. The van der Waals surface area contributed by atoms with Gasteiger partial charge in [-0.1, -0.05) is 11.8 Å². The maximum Gasteiger partial charge on any atom is 0.328 e. The third-order valence-electron chi connectivity index (χ3n) is 0.736. The highest BCUT2D eigenvalue weighted by atomic mass is 16.4. The van der Waals surface area contributed by atoms with Crippen molar-refractivity contribution in [3.05, 3.63) is 12.2 Å². The Bertz CT molecular complexity index is 372. The summed E-state index contributed by atoms with van der Waals surface area (Å²) in [7, 11) is 0. The van der Waals surface area contributed by atoms with Crippen molar-refractivity contribution in [3.8, 4) is 35.5 Å². The fourth-order valence-corrected chi connectivity index (χ4v) is 0.337. The highest BCUT2D eigenvalue weighted by Gasteiger charge is 1.78. The van der Waals surface area contributed by atoms with Gasteiger partial charge in [0.25, 0.3) is 0 Å². The van der Waals surface area contributed by atoms with E-state index in [4.69, 9.17) is 10.2 Å². The molecule has 0 radical (unpaired) electrons. The molecule has 0 aromatic carbocycles. The summed E-state index contributed by atoms with van der Waals surface area (Å²) in [5.74, 6) is 13.0. The standard InChI is InChI=1S/C10H6O3/c11-9-7-5-3-1-2-4-6-8-10(12)13/h6,8,11H,9H2,(H,12,13)/b8-6+. The molecule has 0 aliphatic carbocycles. The van der Waals surface area contributed by atoms with Crippen molar-refractivity contribution in [1.82, 2.24) is 0 Å². The molecule has 0 aliphatic rings. The summed E-state index contributed by atoms with van der Waals surface area (Å²) in [6.07, 6.45) is 2.09. The summed E-state index contributed by atoms with van der Waals surface area (Å²) in [5, 5.41) is 16.4. The normalized spacial score (nSPS) is 7.15. The lowest BCUT2D eigenvalue weighted by Crippen LogP contribution is -1.84. The fourth-order valence-electron chi connectivity index (χ4n) is 0.337. The number of aliphatic hydroxyl groups excluding tert-OH is 1. The topological polar surface area (TPSA) is 57.5 Å². The second-order valence-electron chi connectivity index (χ2n) is 1.65. The largest absolute Gasteiger partial charge is 0.478 e. The van der Waals surface area contributed by atoms with Crippen LogP contribution in [0.4, 0.5) is 0 Å². The van der Waals surface area contributed by atoms with E-state index in [-0.39, 0.29) is 6.61 Å². The minimum Gasteiger partial charge on any atom is -0.478 e. The van der Waals surface area contributed by atoms with Gasteiger partial charge in [0.1, 0.15) is 6.61 Å². The Morgan fingerprint density at radius 2 is 1.92 bits per heavy atom. The van der Waals surface area contributed by atoms with Gasteiger partial charge >= 0.3 is 5.97 Å². The SMILES string of the molecule is O=C(O)/C=C/C#CC#CC#CCO. The summed E-state index contributed by atoms with van der Waals surface area (Å²) in [4.78, 5) is 9.93. The Hall–Kier alpha value is -2.15. The number of carbonyl (C=O) groups is 1. The third-order valence-corrected chi connectivity index (χ3v) is 0.736. The van der Waals surface area contributed by atoms with Crippen LogP contribution in [0.15, 0.2) is 12.2 Å². The van der Waals surface area contributed by atoms with Gasteiger partial charge in [0, 0.05) is 6.08 Å². The molecule has 0 unspecified atom stereocenters. The van der Waals surface area contributed by atoms with Crippen molar-refractivity contribution in [2.75, 3.05) is 6.61 Å². The van der Waals surface area contributed by atoms with Gasteiger partial charge in [-0.05, 0) is 29.8 Å². The average molecular weight is 174 g/mol. The van der Waals surface area contributed by atoms with E-state index in [1.165, 1.54) is 6.08 Å². The second kappa shape index (κ2) is 7.95. The number of aliphatic carboxylic acids is 1. The zero-order valence-electron chi connectivity index (χ0n) is 6.66. The van der Waals surface area contributed by atoms with Gasteiger partial charge in [-0.2, -0.15) is 0 Å². The van der Waals surface area contributed by atoms with Crippen molar-refractivity contribution in [3.63, 3.8) is 0 Å². The first-order chi connectivity index (χ1) is 6.27. The molecular formula is C10H6O3. The van der Waals surface area contributed by atoms with Crippen LogP contribution in [0, 0.1) is 35.5 Å². The molecule has 0 aliphatic heterocycles. The molecular weight excluding hydrogens is 168 g/mol. The maximum atomic E-state index is 9.93. The van der Waals surface area contributed by atoms with Gasteiger partial charge < -0.3 is 10.2 Å². The molecule has 2 N–H and O–H groups in total. The summed E-state index contributed by atoms with van der Waals surface area (Å²) >= 11 is 0. The Morgan fingerprint density at radius 3 is 2.54 bits per heavy atom. The highest BCUT2D eigenvalue weighted by molar-refractivity contribution is 5.80. The molecule has 3 heteroatoms. The van der Waals surface area contributed by atoms with Crippen molar-refractivity contribution >= 4 is 5.97 Å². The van der Waals surface area contributed by atoms with Crippen LogP contribution in [0.25, 0.3) is 0 Å². The number of rotatable bonds is 1. The lowest BCUT2D eigenvalue weighted by atomic mass is 10.4. The Labute approximate surface area is 76.1 Å². The van der Waals surface area contributed by atoms with Crippen LogP contribution in [0.2, 0.25) is 0 Å². The number of carboxylic acids is 1. The van der Waals surface area contributed by atoms with E-state index in [2.05, 4.69) is 35.5 Å². The lowest BCUT2D eigenvalue weighted by Gasteiger charge is -1.69. The van der Waals surface area contributed by atoms with Gasteiger partial charge in [-0.15, -0.1) is 0 Å². The van der Waals surface area contributed by atoms with Crippen molar-refractivity contribution < 1.29 is 15.0 Å². The van der Waals surface area contributed by atoms with E-state index in [0.29, 0.717) is 0 Å². The number of carboxylic acid groups (broad SMARTS) is 1. The summed E-state index contributed by atoms with van der Waals surface area (Å²) < 4.78 is 0. The van der Waals surface area contributed by atoms with Gasteiger partial charge in [0.2, 0.25) is 0 Å². The van der Waals surface area contributed by atoms with Gasteiger partial charge in [0.15, 0.2) is 0 Å². The van der Waals surface area contributed by atoms with E-state index >= 15 is 0 Å². The fraction of sp³-hybridized carbons (Fsp3) is 0.100. The quantitative estimate of drug-likeness (QED) is 0.421. The van der Waals surface area contributed by atoms with Crippen LogP contribution < -0.4 is 0 Å². The van der Waals surface area contributed by atoms with Crippen LogP contribution in [0.5, 0.6) is 0 Å². The predicted molar refractivity (Wildman–Crippen MR) is 47.2 cm³/mol. The third kappa shape index (κ3) is 9.85. The Morgan fingerprint density at radius 1 is 1.23 bits per heavy atom. The minimum atomic E-state index is -1.05. The molecule has 0 fully saturated rings. The van der Waals surface area contributed by atoms with E-state index in [0.717, 1.165) is 6.08 Å². The predicted octanol–water partition coefficient (Wildman–Crippen LogP) is -0.370. The molecule has 0 amide bonds. The summed E-state index contributed by atoms with van der Waals surface area (Å²) in [6, 6.07) is 0. The number of hydrogen-bond donors (Lipinski definition) is 2. The second-order valence-corrected chi connectivity index (χ2v) is 1.65. The van der Waals surface area contributed by atoms with Crippen LogP contribution in [0.1, 0.15) is 0 Å². The van der Waals surface area contributed by atoms with Crippen LogP contribution >= 0.6 is 0 Å². The minimum absolute atomic E-state index is 0.235. The molecule has 64 valence electrons. The molecule has 0 aromatic rings. The highest BCUT2D eigenvalue weighted by Crippen LogP contribution is 1.68. The first-order valence-corrected chi connectivity index (χ1v) is 3.26. The van der Waals surface area contributed by atoms with E-state index in [1.807, 2.05) is 0 Å². The number of allylic oxidation sites excluding steroid dienone is 1. The van der Waals surface area contributed by atoms with Crippen molar-refractivity contribution in [2.45, 2.75) is 0 Å². The van der Waals surface area contributed by atoms with Crippen molar-refractivity contribution in [1.29, 1.82) is 0 Å². The van der Waals surface area contributed by atoms with E-state index in [1.54, 1.807) is 0 Å². The number of hydrogen-bond acceptors (Lipinski definition) is 2. The lowest BCUT2D eigenvalue weighted by molar-refractivity contribution is -0.131.